The summed E-state index contributed by atoms with van der Waals surface area (Å²) in [4.78, 5) is 68.3. The van der Waals surface area contributed by atoms with E-state index in [1.54, 1.807) is 14.7 Å². The van der Waals surface area contributed by atoms with Crippen molar-refractivity contribution < 1.29 is 60.6 Å². The summed E-state index contributed by atoms with van der Waals surface area (Å²) in [5, 5.41) is 16.7. The van der Waals surface area contributed by atoms with Gasteiger partial charge < -0.3 is 45.9 Å². The molecule has 0 bridgehead atoms. The van der Waals surface area contributed by atoms with E-state index in [4.69, 9.17) is 38.5 Å². The van der Waals surface area contributed by atoms with Crippen LogP contribution in [0.15, 0.2) is 78.9 Å². The van der Waals surface area contributed by atoms with Gasteiger partial charge in [-0.3, -0.25) is 14.7 Å². The second kappa shape index (κ2) is 38.0. The third kappa shape index (κ3) is 23.6. The molecule has 33 heteroatoms. The minimum atomic E-state index is -0.554. The molecule has 527 valence electrons. The molecule has 3 amide bonds. The fraction of sp³-hybridized carbons (Fsp3) is 0.476. The predicted molar refractivity (Wildman–Crippen MR) is 440 cm³/mol. The van der Waals surface area contributed by atoms with Gasteiger partial charge in [0, 0.05) is 30.8 Å². The van der Waals surface area contributed by atoms with Crippen LogP contribution in [0.3, 0.4) is 0 Å². The number of aromatic nitrogens is 10. The topological polar surface area (TPSA) is 245 Å². The van der Waals surface area contributed by atoms with Crippen LogP contribution < -0.4 is 18.7 Å². The normalized spacial score (nSPS) is 17.8. The number of carbonyl (C=O) groups excluding carboxylic acids is 3. The molecule has 0 unspecified atom stereocenters. The Morgan fingerprint density at radius 3 is 1.12 bits per heavy atom. The van der Waals surface area contributed by atoms with Gasteiger partial charge in [0.15, 0.2) is 0 Å². The number of nitrogens with zero attached hydrogens (tertiary/aromatic N) is 10. The standard InChI is InChI=1S/C36H42N8O4.C22H32BN3O4.C4H2I2N2.CH3.I3.2HI.3H2S.V/c1-35(2,3)47-33(45)43-17-7-9-29(43)31-37-25-13-11-21(19-27(25)39-31)23-15-16-24(42-41-23)22-12-14-26-28(20-22)40-32(38-26)30-10-8-18-44(30)34(46)48-36(4,5)6;1-20(2,3)28-19(27)26-12-8-9-17(26)18-24-15-11-10-14(13-16(15)25-18)23-29-21(4,5)22(6,7)30-23;5-3-1-2-4(6)8-7-3;;1-3-2;;;;;;/h11-16,19-20,29-30H,7-10,17-18H2,1-6H3,(H,37,39)(H,38,40);10-11,13,17H,8-9,12H2,1-7H3,(H,24,25);1-2H;1H3;;2*1H;3*1H2;/q;;;2*-1;;;;;;+2/p-2/t29-,30-;17-;;;;;;;;;/m00........./s1. The van der Waals surface area contributed by atoms with E-state index in [9.17, 15) is 14.4 Å². The van der Waals surface area contributed by atoms with Crippen molar-refractivity contribution in [3.05, 3.63) is 111 Å². The number of carbonyl (C=O) groups is 3. The number of H-pyrrole nitrogens is 3. The third-order valence-electron chi connectivity index (χ3n) is 15.5. The molecule has 3 atom stereocenters. The zero-order valence-electron chi connectivity index (χ0n) is 56.0. The number of likely N-dealkylation sites (tertiary alicyclic amines) is 3. The molecule has 4 aliphatic heterocycles. The molecule has 0 saturated carbocycles. The first-order chi connectivity index (χ1) is 43.3. The van der Waals surface area contributed by atoms with E-state index in [2.05, 4.69) is 158 Å². The average Bonchev–Trinajstić information content (AvgIpc) is 1.64. The molecule has 21 nitrogen and oxygen atoms in total. The van der Waals surface area contributed by atoms with Crippen LogP contribution in [0, 0.1) is 14.8 Å². The maximum absolute atomic E-state index is 12.8. The number of benzene rings is 3. The van der Waals surface area contributed by atoms with Crippen LogP contribution in [0.4, 0.5) is 14.4 Å². The van der Waals surface area contributed by atoms with Gasteiger partial charge in [-0.15, -0.1) is 20.4 Å². The summed E-state index contributed by atoms with van der Waals surface area (Å²) < 4.78 is 31.1. The zero-order valence-corrected chi connectivity index (χ0v) is 75.5. The van der Waals surface area contributed by atoms with Crippen LogP contribution in [-0.4, -0.2) is 138 Å². The SMILES string of the molecule is CC(C)(C)OC(=O)N1CCC[C@H]1c1nc2ccc(-c3ccc(-c4ccc5nc([C@@H]6CCCN6C(=O)OC(C)(C)C)[nH]c5c4)nn3)cc2[nH]1.CC(C)(C)OC(=O)N1CCC[C@H]1c1nc2ccc(B3OC(C)(C)C(C)(C)O3)cc2[nH]1.I[I-]I.Ic1ccc(I)nn1.S.S.S.[CH3-].[I][V][I]. The van der Waals surface area contributed by atoms with Gasteiger partial charge in [-0.05, 0) is 240 Å². The molecule has 0 spiro atoms. The fourth-order valence-corrected chi connectivity index (χ4v) is 11.3. The molecule has 3 N–H and O–H groups in total. The van der Waals surface area contributed by atoms with Crippen molar-refractivity contribution in [2.75, 3.05) is 19.6 Å². The number of halogens is 7. The molecular weight excluding hydrogens is 2110 g/mol. The zero-order chi connectivity index (χ0) is 67.1. The van der Waals surface area contributed by atoms with Gasteiger partial charge in [0.1, 0.15) is 41.7 Å². The summed E-state index contributed by atoms with van der Waals surface area (Å²) in [7, 11) is 0.207. The van der Waals surface area contributed by atoms with Crippen molar-refractivity contribution in [3.8, 4) is 22.5 Å². The van der Waals surface area contributed by atoms with Crippen LogP contribution in [-0.2, 0) is 33.0 Å². The molecule has 0 radical (unpaired) electrons. The van der Waals surface area contributed by atoms with Crippen molar-refractivity contribution >= 4 is 227 Å². The molecule has 5 aromatic heterocycles. The summed E-state index contributed by atoms with van der Waals surface area (Å²) in [6.45, 7) is 27.1. The molecule has 12 rings (SSSR count). The van der Waals surface area contributed by atoms with Crippen molar-refractivity contribution in [2.24, 2.45) is 0 Å². The Hall–Kier alpha value is -1.23. The van der Waals surface area contributed by atoms with E-state index in [0.29, 0.717) is 42.4 Å². The van der Waals surface area contributed by atoms with Crippen LogP contribution in [0.25, 0.3) is 55.6 Å². The van der Waals surface area contributed by atoms with Gasteiger partial charge >= 0.3 is 125 Å². The Balaban J connectivity index is 0.000000348. The van der Waals surface area contributed by atoms with Crippen molar-refractivity contribution in [3.63, 3.8) is 0 Å². The van der Waals surface area contributed by atoms with Crippen LogP contribution in [0.1, 0.15) is 164 Å². The fourth-order valence-electron chi connectivity index (χ4n) is 10.7. The van der Waals surface area contributed by atoms with Crippen LogP contribution >= 0.6 is 163 Å². The first-order valence-corrected chi connectivity index (χ1v) is 53.7. The molecule has 9 heterocycles. The Morgan fingerprint density at radius 2 is 0.833 bits per heavy atom. The first-order valence-electron chi connectivity index (χ1n) is 29.9. The van der Waals surface area contributed by atoms with Gasteiger partial charge in [0.05, 0.1) is 73.8 Å². The van der Waals surface area contributed by atoms with Crippen molar-refractivity contribution in [1.29, 1.82) is 0 Å². The van der Waals surface area contributed by atoms with Crippen LogP contribution in [0.5, 0.6) is 0 Å². The summed E-state index contributed by atoms with van der Waals surface area (Å²) in [6.07, 6.45) is 4.34. The van der Waals surface area contributed by atoms with Gasteiger partial charge in [-0.2, -0.15) is 40.5 Å². The number of nitrogens with one attached hydrogen (secondary N) is 3. The number of rotatable bonds is 6. The van der Waals surface area contributed by atoms with E-state index < -0.39 is 23.9 Å². The van der Waals surface area contributed by atoms with Gasteiger partial charge in [0.25, 0.3) is 0 Å². The summed E-state index contributed by atoms with van der Waals surface area (Å²) >= 11 is 14.3. The van der Waals surface area contributed by atoms with E-state index >= 15 is 0 Å². The quantitative estimate of drug-likeness (QED) is 0.0606. The minimum absolute atomic E-state index is 0. The number of fused-ring (bicyclic) bond motifs is 3. The second-order valence-electron chi connectivity index (χ2n) is 26.3. The summed E-state index contributed by atoms with van der Waals surface area (Å²) in [5.74, 6) is 2.31. The number of imidazole rings is 3. The number of hydrogen-bond acceptors (Lipinski definition) is 15. The van der Waals surface area contributed by atoms with Crippen molar-refractivity contribution in [2.45, 2.75) is 175 Å². The molecular formula is C63H85BI7N13O8S3V-2. The van der Waals surface area contributed by atoms with Crippen molar-refractivity contribution in [1.82, 2.24) is 65.0 Å². The van der Waals surface area contributed by atoms with E-state index in [1.165, 1.54) is 0 Å². The predicted octanol–water partition coefficient (Wildman–Crippen LogP) is 14.7. The number of aromatic amines is 3. The maximum atomic E-state index is 12.8. The van der Waals surface area contributed by atoms with E-state index in [-0.39, 0.29) is 95.5 Å². The first kappa shape index (κ1) is 87.2. The number of amides is 3. The monoisotopic (exact) mass is 2200 g/mol. The average molecular weight is 2200 g/mol. The Morgan fingerprint density at radius 1 is 0.531 bits per heavy atom. The summed E-state index contributed by atoms with van der Waals surface area (Å²) in [5.41, 5.74) is 7.02. The number of hydrogen-bond donors (Lipinski definition) is 3. The Labute approximate surface area is 671 Å². The van der Waals surface area contributed by atoms with Gasteiger partial charge in [-0.25, -0.2) is 29.3 Å². The van der Waals surface area contributed by atoms with Crippen LogP contribution in [0.2, 0.25) is 0 Å². The molecule has 0 aliphatic carbocycles. The van der Waals surface area contributed by atoms with Gasteiger partial charge in [0.2, 0.25) is 0 Å². The Bertz CT molecular complexity index is 3660. The molecule has 4 fully saturated rings. The van der Waals surface area contributed by atoms with E-state index in [0.717, 1.165) is 124 Å². The molecule has 3 aromatic carbocycles. The molecule has 96 heavy (non-hydrogen) atoms. The van der Waals surface area contributed by atoms with Gasteiger partial charge in [-0.1, -0.05) is 18.2 Å². The summed E-state index contributed by atoms with van der Waals surface area (Å²) in [6, 6.07) is 25.3. The second-order valence-corrected chi connectivity index (χ2v) is 56.5. The molecule has 8 aromatic rings. The van der Waals surface area contributed by atoms with E-state index in [1.807, 2.05) is 169 Å². The molecule has 4 saturated heterocycles. The number of ether oxygens (including phenoxy) is 3. The third-order valence-corrected chi connectivity index (χ3v) is 16.6. The Kier molecular flexibility index (Phi) is 34.5. The molecule has 4 aliphatic rings.